The molecule has 0 aromatic carbocycles. The summed E-state index contributed by atoms with van der Waals surface area (Å²) >= 11 is 0. The SMILES string of the molecule is C=C(O[Si]1(C)O[SiH](C)O[Si](C)(CC[Si](OC)(OC)OC)O[Si](C)(OC(=C)[Si]OC)O1)[Si]OC. The predicted molar refractivity (Wildman–Crippen MR) is 135 cm³/mol. The van der Waals surface area contributed by atoms with Crippen molar-refractivity contribution in [3.05, 3.63) is 23.9 Å². The Morgan fingerprint density at radius 2 is 1.30 bits per heavy atom. The highest BCUT2D eigenvalue weighted by atomic mass is 28.5. The van der Waals surface area contributed by atoms with Crippen LogP contribution in [0, 0.1) is 0 Å². The molecule has 0 aromatic heterocycles. The first kappa shape index (κ1) is 31.3. The van der Waals surface area contributed by atoms with Crippen LogP contribution in [0.4, 0.5) is 0 Å². The highest BCUT2D eigenvalue weighted by Gasteiger charge is 2.59. The van der Waals surface area contributed by atoms with E-state index in [1.807, 2.05) is 13.1 Å². The average molecular weight is 589 g/mol. The van der Waals surface area contributed by atoms with Gasteiger partial charge in [0, 0.05) is 54.7 Å². The van der Waals surface area contributed by atoms with Gasteiger partial charge in [-0.2, -0.15) is 0 Å². The minimum atomic E-state index is -3.42. The molecule has 4 radical (unpaired) electrons. The maximum atomic E-state index is 6.63. The van der Waals surface area contributed by atoms with Crippen molar-refractivity contribution in [3.63, 3.8) is 0 Å². The van der Waals surface area contributed by atoms with Gasteiger partial charge < -0.3 is 47.4 Å². The molecule has 1 heterocycles. The Hall–Kier alpha value is 0.238. The first-order valence-electron chi connectivity index (χ1n) is 10.1. The minimum absolute atomic E-state index is 0.0563. The molecule has 190 valence electrons. The molecule has 0 spiro atoms. The van der Waals surface area contributed by atoms with Crippen molar-refractivity contribution in [3.8, 4) is 0 Å². The van der Waals surface area contributed by atoms with Crippen LogP contribution >= 0.6 is 0 Å². The second-order valence-electron chi connectivity index (χ2n) is 7.32. The Morgan fingerprint density at radius 3 is 1.76 bits per heavy atom. The van der Waals surface area contributed by atoms with Crippen molar-refractivity contribution in [1.82, 2.24) is 0 Å². The van der Waals surface area contributed by atoms with Gasteiger partial charge in [-0.3, -0.25) is 0 Å². The molecule has 0 amide bonds. The van der Waals surface area contributed by atoms with Crippen molar-refractivity contribution in [2.75, 3.05) is 35.5 Å². The van der Waals surface area contributed by atoms with Gasteiger partial charge in [-0.05, 0) is 19.1 Å². The van der Waals surface area contributed by atoms with Crippen molar-refractivity contribution >= 4 is 63.8 Å². The van der Waals surface area contributed by atoms with Gasteiger partial charge in [0.2, 0.25) is 0 Å². The normalized spacial score (nSPS) is 30.9. The van der Waals surface area contributed by atoms with Crippen LogP contribution in [-0.4, -0.2) is 99.3 Å². The third kappa shape index (κ3) is 10.0. The Kier molecular flexibility index (Phi) is 12.8. The van der Waals surface area contributed by atoms with Crippen molar-refractivity contribution in [2.24, 2.45) is 0 Å². The van der Waals surface area contributed by atoms with E-state index in [9.17, 15) is 0 Å². The molecular formula is C15H36O11Si7. The zero-order valence-electron chi connectivity index (χ0n) is 20.9. The van der Waals surface area contributed by atoms with Crippen molar-refractivity contribution in [2.45, 2.75) is 38.3 Å². The Bertz CT molecular complexity index is 649. The maximum absolute atomic E-state index is 6.63. The van der Waals surface area contributed by atoms with Crippen molar-refractivity contribution < 1.29 is 47.4 Å². The van der Waals surface area contributed by atoms with Crippen LogP contribution in [0.5, 0.6) is 0 Å². The summed E-state index contributed by atoms with van der Waals surface area (Å²) in [5, 5.41) is 0.815. The second-order valence-corrected chi connectivity index (χ2v) is 24.0. The summed E-state index contributed by atoms with van der Waals surface area (Å²) < 4.78 is 65.0. The first-order chi connectivity index (χ1) is 15.3. The van der Waals surface area contributed by atoms with Gasteiger partial charge in [0.05, 0.1) is 10.8 Å². The molecule has 4 unspecified atom stereocenters. The van der Waals surface area contributed by atoms with E-state index >= 15 is 0 Å². The zero-order valence-corrected chi connectivity index (χ0v) is 28.1. The van der Waals surface area contributed by atoms with Gasteiger partial charge in [0.25, 0.3) is 0 Å². The summed E-state index contributed by atoms with van der Waals surface area (Å²) in [4.78, 5) is 0. The lowest BCUT2D eigenvalue weighted by molar-refractivity contribution is 0.115. The topological polar surface area (TPSA) is 102 Å². The molecule has 1 aliphatic heterocycles. The van der Waals surface area contributed by atoms with E-state index < -0.39 is 44.3 Å². The van der Waals surface area contributed by atoms with Gasteiger partial charge >= 0.3 is 63.8 Å². The van der Waals surface area contributed by atoms with Crippen LogP contribution in [-0.2, 0) is 47.4 Å². The first-order valence-corrected chi connectivity index (χ1v) is 22.9. The molecule has 1 aliphatic rings. The average Bonchev–Trinajstić information content (AvgIpc) is 2.67. The fraction of sp³-hybridized carbons (Fsp3) is 0.733. The number of rotatable bonds is 14. The lowest BCUT2D eigenvalue weighted by atomic mass is 10.9. The zero-order chi connectivity index (χ0) is 25.3. The number of hydrogen-bond donors (Lipinski definition) is 0. The van der Waals surface area contributed by atoms with Crippen LogP contribution in [0.15, 0.2) is 23.9 Å². The van der Waals surface area contributed by atoms with Gasteiger partial charge in [0.15, 0.2) is 0 Å². The molecule has 11 nitrogen and oxygen atoms in total. The van der Waals surface area contributed by atoms with Gasteiger partial charge in [-0.1, -0.05) is 13.2 Å². The Balaban J connectivity index is 3.24. The summed E-state index contributed by atoms with van der Waals surface area (Å²) in [6.45, 7) is 15.2. The van der Waals surface area contributed by atoms with Crippen LogP contribution in [0.25, 0.3) is 0 Å². The standard InChI is InChI=1S/C15H36O11Si7/c1-14(27-16-3)21-31(10)24-29(8)23-30(9,12-13-33(18-5,19-6)20-7)25-32(11,26-31)22-15(2)28-17-4/h29H,1-2,12-13H2,3-11H3. The van der Waals surface area contributed by atoms with E-state index in [1.54, 1.807) is 48.6 Å². The molecule has 0 aliphatic carbocycles. The summed E-state index contributed by atoms with van der Waals surface area (Å²) in [5.41, 5.74) is 0. The van der Waals surface area contributed by atoms with E-state index in [0.29, 0.717) is 22.9 Å². The van der Waals surface area contributed by atoms with Crippen LogP contribution in [0.2, 0.25) is 38.3 Å². The van der Waals surface area contributed by atoms with E-state index in [2.05, 4.69) is 13.2 Å². The summed E-state index contributed by atoms with van der Waals surface area (Å²) in [5.74, 6) is 0. The second kappa shape index (κ2) is 13.5. The fourth-order valence-electron chi connectivity index (χ4n) is 3.32. The molecule has 1 saturated heterocycles. The van der Waals surface area contributed by atoms with E-state index in [0.717, 1.165) is 0 Å². The fourth-order valence-corrected chi connectivity index (χ4v) is 25.3. The maximum Gasteiger partial charge on any atom is 0.546 e. The largest absolute Gasteiger partial charge is 0.546 e. The Morgan fingerprint density at radius 1 is 0.818 bits per heavy atom. The molecule has 1 fully saturated rings. The van der Waals surface area contributed by atoms with Gasteiger partial charge in [0.1, 0.15) is 0 Å². The molecule has 0 N–H and O–H groups in total. The summed E-state index contributed by atoms with van der Waals surface area (Å²) in [6.07, 6.45) is 0. The lowest BCUT2D eigenvalue weighted by Crippen LogP contribution is -2.65. The molecule has 18 heteroatoms. The van der Waals surface area contributed by atoms with Gasteiger partial charge in [-0.15, -0.1) is 0 Å². The van der Waals surface area contributed by atoms with Gasteiger partial charge in [-0.25, -0.2) is 0 Å². The molecule has 1 rings (SSSR count). The van der Waals surface area contributed by atoms with E-state index in [4.69, 9.17) is 47.4 Å². The molecule has 4 atom stereocenters. The molecule has 0 aromatic rings. The summed E-state index contributed by atoms with van der Waals surface area (Å²) in [7, 11) is -6.97. The Labute approximate surface area is 208 Å². The quantitative estimate of drug-likeness (QED) is 0.218. The molecular weight excluding hydrogens is 553 g/mol. The molecule has 33 heavy (non-hydrogen) atoms. The predicted octanol–water partition coefficient (Wildman–Crippen LogP) is 1.51. The molecule has 0 bridgehead atoms. The lowest BCUT2D eigenvalue weighted by Gasteiger charge is -2.44. The van der Waals surface area contributed by atoms with E-state index in [1.165, 1.54) is 0 Å². The van der Waals surface area contributed by atoms with Crippen LogP contribution in [0.1, 0.15) is 0 Å². The third-order valence-corrected chi connectivity index (χ3v) is 24.1. The third-order valence-electron chi connectivity index (χ3n) is 4.43. The number of hydrogen-bond acceptors (Lipinski definition) is 11. The highest BCUT2D eigenvalue weighted by molar-refractivity contribution is 6.87. The van der Waals surface area contributed by atoms with Crippen molar-refractivity contribution in [1.29, 1.82) is 0 Å². The van der Waals surface area contributed by atoms with Crippen LogP contribution in [0.3, 0.4) is 0 Å². The molecule has 0 saturated carbocycles. The minimum Gasteiger partial charge on any atom is -0.508 e. The van der Waals surface area contributed by atoms with E-state index in [-0.39, 0.29) is 19.5 Å². The van der Waals surface area contributed by atoms with Crippen LogP contribution < -0.4 is 0 Å². The summed E-state index contributed by atoms with van der Waals surface area (Å²) in [6, 6.07) is 1.03. The highest BCUT2D eigenvalue weighted by Crippen LogP contribution is 2.34. The smallest absolute Gasteiger partial charge is 0.508 e. The monoisotopic (exact) mass is 588 g/mol.